The van der Waals surface area contributed by atoms with Crippen LogP contribution in [-0.2, 0) is 6.42 Å². The van der Waals surface area contributed by atoms with Crippen LogP contribution in [0.5, 0.6) is 5.75 Å². The Morgan fingerprint density at radius 1 is 1.09 bits per heavy atom. The molecule has 3 aromatic rings. The third-order valence-corrected chi connectivity index (χ3v) is 6.00. The van der Waals surface area contributed by atoms with Crippen molar-refractivity contribution in [1.82, 2.24) is 20.5 Å². The Balaban J connectivity index is 1.35. The third-order valence-electron chi connectivity index (χ3n) is 6.00. The van der Waals surface area contributed by atoms with Gasteiger partial charge in [0.15, 0.2) is 23.2 Å². The third kappa shape index (κ3) is 5.80. The molecule has 4 rings (SSSR count). The fourth-order valence-corrected chi connectivity index (χ4v) is 3.90. The fourth-order valence-electron chi connectivity index (χ4n) is 3.90. The highest BCUT2D eigenvalue weighted by molar-refractivity contribution is 5.95. The molecule has 184 valence electrons. The van der Waals surface area contributed by atoms with Crippen molar-refractivity contribution in [2.24, 2.45) is 22.6 Å². The number of hydrogen-bond acceptors (Lipinski definition) is 8. The summed E-state index contributed by atoms with van der Waals surface area (Å²) >= 11 is 0. The first kappa shape index (κ1) is 24.3. The summed E-state index contributed by atoms with van der Waals surface area (Å²) in [4.78, 5) is 15.1. The van der Waals surface area contributed by atoms with E-state index in [1.807, 2.05) is 12.4 Å². The predicted octanol–water partition coefficient (Wildman–Crippen LogP) is 2.76. The molecule has 11 heteroatoms. The van der Waals surface area contributed by atoms with E-state index in [9.17, 15) is 8.78 Å². The molecular formula is C24H28F2N8O. The topological polar surface area (TPSA) is 128 Å². The number of aryl methyl sites for hydroxylation is 1. The number of hydrazine groups is 1. The maximum atomic E-state index is 14.7. The summed E-state index contributed by atoms with van der Waals surface area (Å²) in [6, 6.07) is 5.69. The van der Waals surface area contributed by atoms with Crippen LogP contribution in [0.15, 0.2) is 48.0 Å². The van der Waals surface area contributed by atoms with Crippen LogP contribution in [0.3, 0.4) is 0 Å². The fraction of sp³-hybridized carbons (Fsp3) is 0.333. The first-order chi connectivity index (χ1) is 17.0. The summed E-state index contributed by atoms with van der Waals surface area (Å²) in [5, 5.41) is 3.64. The zero-order valence-electron chi connectivity index (χ0n) is 19.4. The van der Waals surface area contributed by atoms with Gasteiger partial charge in [0.1, 0.15) is 5.69 Å². The first-order valence-corrected chi connectivity index (χ1v) is 11.4. The summed E-state index contributed by atoms with van der Waals surface area (Å²) in [6.07, 6.45) is 7.69. The Hall–Kier alpha value is -3.86. The lowest BCUT2D eigenvalue weighted by atomic mass is 9.98. The summed E-state index contributed by atoms with van der Waals surface area (Å²) in [6.45, 7) is 3.83. The van der Waals surface area contributed by atoms with Crippen molar-refractivity contribution in [3.05, 3.63) is 65.7 Å². The number of rotatable bonds is 8. The van der Waals surface area contributed by atoms with Gasteiger partial charge in [-0.05, 0) is 54.5 Å². The largest absolute Gasteiger partial charge is 0.487 e. The highest BCUT2D eigenvalue weighted by Crippen LogP contribution is 2.30. The molecule has 0 atom stereocenters. The van der Waals surface area contributed by atoms with Crippen LogP contribution in [0.4, 0.5) is 14.7 Å². The Morgan fingerprint density at radius 3 is 2.34 bits per heavy atom. The molecule has 5 N–H and O–H groups in total. The van der Waals surface area contributed by atoms with Gasteiger partial charge in [0, 0.05) is 37.2 Å². The molecule has 35 heavy (non-hydrogen) atoms. The normalized spacial score (nSPS) is 14.7. The number of hydrogen-bond donors (Lipinski definition) is 3. The second-order valence-electron chi connectivity index (χ2n) is 8.31. The quantitative estimate of drug-likeness (QED) is 0.194. The van der Waals surface area contributed by atoms with Crippen molar-refractivity contribution < 1.29 is 13.5 Å². The van der Waals surface area contributed by atoms with Crippen molar-refractivity contribution >= 4 is 11.8 Å². The molecule has 1 saturated heterocycles. The average molecular weight is 483 g/mol. The lowest BCUT2D eigenvalue weighted by molar-refractivity contribution is 0.207. The van der Waals surface area contributed by atoms with E-state index in [4.69, 9.17) is 16.3 Å². The number of pyridine rings is 1. The summed E-state index contributed by atoms with van der Waals surface area (Å²) in [7, 11) is 0. The smallest absolute Gasteiger partial charge is 0.225 e. The van der Waals surface area contributed by atoms with Crippen molar-refractivity contribution in [2.45, 2.75) is 26.2 Å². The van der Waals surface area contributed by atoms with Gasteiger partial charge in [0.05, 0.1) is 6.61 Å². The predicted molar refractivity (Wildman–Crippen MR) is 129 cm³/mol. The molecular weight excluding hydrogens is 454 g/mol. The highest BCUT2D eigenvalue weighted by atomic mass is 19.1. The van der Waals surface area contributed by atoms with Crippen LogP contribution in [0, 0.1) is 17.6 Å². The maximum Gasteiger partial charge on any atom is 0.225 e. The van der Waals surface area contributed by atoms with Gasteiger partial charge in [0.2, 0.25) is 5.95 Å². The molecule has 1 aromatic carbocycles. The number of ether oxygens (including phenoxy) is 1. The van der Waals surface area contributed by atoms with Gasteiger partial charge in [-0.3, -0.25) is 4.98 Å². The number of hydrazone groups is 1. The zero-order chi connectivity index (χ0) is 24.8. The molecule has 0 amide bonds. The molecule has 0 unspecified atom stereocenters. The molecule has 1 aliphatic rings. The Bertz CT molecular complexity index is 1140. The molecule has 0 bridgehead atoms. The lowest BCUT2D eigenvalue weighted by Crippen LogP contribution is -2.36. The van der Waals surface area contributed by atoms with Gasteiger partial charge >= 0.3 is 0 Å². The summed E-state index contributed by atoms with van der Waals surface area (Å²) in [5.74, 6) is 4.19. The second-order valence-corrected chi connectivity index (χ2v) is 8.31. The second kappa shape index (κ2) is 11.0. The van der Waals surface area contributed by atoms with Crippen LogP contribution >= 0.6 is 0 Å². The molecule has 0 saturated carbocycles. The van der Waals surface area contributed by atoms with Gasteiger partial charge < -0.3 is 15.4 Å². The number of benzene rings is 1. The summed E-state index contributed by atoms with van der Waals surface area (Å²) in [5.41, 5.74) is 10.1. The van der Waals surface area contributed by atoms with E-state index in [1.165, 1.54) is 18.3 Å². The van der Waals surface area contributed by atoms with Gasteiger partial charge in [-0.25, -0.2) is 30.1 Å². The highest BCUT2D eigenvalue weighted by Gasteiger charge is 2.23. The van der Waals surface area contributed by atoms with Gasteiger partial charge in [0.25, 0.3) is 0 Å². The van der Waals surface area contributed by atoms with Crippen LogP contribution in [0.2, 0.25) is 0 Å². The number of aromatic nitrogens is 3. The molecule has 0 spiro atoms. The molecule has 0 radical (unpaired) electrons. The van der Waals surface area contributed by atoms with E-state index < -0.39 is 11.6 Å². The Morgan fingerprint density at radius 2 is 1.77 bits per heavy atom. The van der Waals surface area contributed by atoms with Crippen molar-refractivity contribution in [2.75, 3.05) is 24.6 Å². The van der Waals surface area contributed by atoms with Crippen LogP contribution in [-0.4, -0.2) is 40.5 Å². The van der Waals surface area contributed by atoms with E-state index in [1.54, 1.807) is 12.1 Å². The minimum atomic E-state index is -0.765. The van der Waals surface area contributed by atoms with Gasteiger partial charge in [-0.1, -0.05) is 13.0 Å². The number of amidine groups is 1. The average Bonchev–Trinajstić information content (AvgIpc) is 2.89. The minimum absolute atomic E-state index is 0.0907. The Kier molecular flexibility index (Phi) is 7.66. The SMILES string of the molecule is CCc1cnc(N2CCC(COc3c(F)cc(-c4ccc(/C(N)=N/NN)nc4)cc3F)CC2)nc1. The molecule has 1 fully saturated rings. The van der Waals surface area contributed by atoms with Crippen LogP contribution < -0.4 is 26.7 Å². The zero-order valence-corrected chi connectivity index (χ0v) is 19.4. The first-order valence-electron chi connectivity index (χ1n) is 11.4. The molecule has 0 aliphatic carbocycles. The van der Waals surface area contributed by atoms with E-state index >= 15 is 0 Å². The molecule has 3 heterocycles. The standard InChI is InChI=1S/C24H28F2N8O/c1-2-15-11-30-24(31-12-15)34-7-5-16(6-8-34)14-35-22-19(25)9-18(10-20(22)26)17-3-4-21(29-13-17)23(27)32-33-28/h3-4,9-13,16,33H,2,5-8,14,28H2,1H3,(H2,27,32). The van der Waals surface area contributed by atoms with Crippen molar-refractivity contribution in [3.8, 4) is 16.9 Å². The minimum Gasteiger partial charge on any atom is -0.487 e. The number of halogens is 2. The molecule has 2 aromatic heterocycles. The van der Waals surface area contributed by atoms with E-state index in [0.29, 0.717) is 22.8 Å². The number of nitrogens with one attached hydrogen (secondary N) is 1. The number of nitrogens with zero attached hydrogens (tertiary/aromatic N) is 5. The molecule has 1 aliphatic heterocycles. The van der Waals surface area contributed by atoms with E-state index in [0.717, 1.165) is 37.9 Å². The summed E-state index contributed by atoms with van der Waals surface area (Å²) < 4.78 is 35.0. The van der Waals surface area contributed by atoms with Crippen molar-refractivity contribution in [1.29, 1.82) is 0 Å². The lowest BCUT2D eigenvalue weighted by Gasteiger charge is -2.31. The van der Waals surface area contributed by atoms with E-state index in [-0.39, 0.29) is 24.1 Å². The van der Waals surface area contributed by atoms with Gasteiger partial charge in [-0.2, -0.15) is 0 Å². The van der Waals surface area contributed by atoms with E-state index in [2.05, 4.69) is 37.4 Å². The number of nitrogens with two attached hydrogens (primary N) is 2. The Labute approximate surface area is 202 Å². The number of anilines is 1. The maximum absolute atomic E-state index is 14.7. The monoisotopic (exact) mass is 482 g/mol. The van der Waals surface area contributed by atoms with Crippen LogP contribution in [0.25, 0.3) is 11.1 Å². The van der Waals surface area contributed by atoms with Crippen LogP contribution in [0.1, 0.15) is 31.0 Å². The number of piperidine rings is 1. The van der Waals surface area contributed by atoms with Crippen molar-refractivity contribution in [3.63, 3.8) is 0 Å². The molecule has 9 nitrogen and oxygen atoms in total. The van der Waals surface area contributed by atoms with Gasteiger partial charge in [-0.15, -0.1) is 5.10 Å².